The van der Waals surface area contributed by atoms with Gasteiger partial charge in [0.15, 0.2) is 0 Å². The molecule has 0 atom stereocenters. The monoisotopic (exact) mass is 261 g/mol. The van der Waals surface area contributed by atoms with Crippen molar-refractivity contribution in [3.8, 4) is 0 Å². The minimum Gasteiger partial charge on any atom is -0.397 e. The normalized spacial score (nSPS) is 9.94. The van der Waals surface area contributed by atoms with E-state index < -0.39 is 0 Å². The maximum Gasteiger partial charge on any atom is 0.216 e. The SMILES string of the molecule is CC(=O)NCCNc1cc(Cl)c(Cl)cc1N. The van der Waals surface area contributed by atoms with Crippen LogP contribution in [0.3, 0.4) is 0 Å². The van der Waals surface area contributed by atoms with Crippen molar-refractivity contribution in [3.63, 3.8) is 0 Å². The molecule has 0 saturated heterocycles. The molecule has 0 saturated carbocycles. The lowest BCUT2D eigenvalue weighted by atomic mass is 10.2. The third-order valence-electron chi connectivity index (χ3n) is 1.91. The van der Waals surface area contributed by atoms with Gasteiger partial charge in [0.25, 0.3) is 0 Å². The predicted molar refractivity (Wildman–Crippen MR) is 68.0 cm³/mol. The Hall–Kier alpha value is -1.13. The number of nitrogen functional groups attached to an aromatic ring is 1. The number of nitrogens with two attached hydrogens (primary N) is 1. The van der Waals surface area contributed by atoms with E-state index in [9.17, 15) is 4.79 Å². The summed E-state index contributed by atoms with van der Waals surface area (Å²) in [6.45, 7) is 2.56. The van der Waals surface area contributed by atoms with Crippen LogP contribution < -0.4 is 16.4 Å². The van der Waals surface area contributed by atoms with Gasteiger partial charge in [-0.05, 0) is 12.1 Å². The highest BCUT2D eigenvalue weighted by atomic mass is 35.5. The van der Waals surface area contributed by atoms with Crippen LogP contribution in [0.15, 0.2) is 12.1 Å². The molecule has 0 spiro atoms. The van der Waals surface area contributed by atoms with E-state index in [2.05, 4.69) is 10.6 Å². The molecule has 0 aliphatic rings. The first kappa shape index (κ1) is 12.9. The number of hydrogen-bond acceptors (Lipinski definition) is 3. The van der Waals surface area contributed by atoms with Crippen LogP contribution in [0, 0.1) is 0 Å². The minimum atomic E-state index is -0.0658. The van der Waals surface area contributed by atoms with Gasteiger partial charge in [-0.25, -0.2) is 0 Å². The molecule has 0 aromatic heterocycles. The van der Waals surface area contributed by atoms with Crippen LogP contribution in [0.1, 0.15) is 6.92 Å². The van der Waals surface area contributed by atoms with Crippen LogP contribution in [0.4, 0.5) is 11.4 Å². The van der Waals surface area contributed by atoms with Crippen molar-refractivity contribution in [2.45, 2.75) is 6.92 Å². The van der Waals surface area contributed by atoms with Crippen molar-refractivity contribution in [2.75, 3.05) is 24.1 Å². The average Bonchev–Trinajstić information content (AvgIpc) is 2.19. The summed E-state index contributed by atoms with van der Waals surface area (Å²) in [6.07, 6.45) is 0. The van der Waals surface area contributed by atoms with Gasteiger partial charge < -0.3 is 16.4 Å². The molecule has 0 heterocycles. The van der Waals surface area contributed by atoms with E-state index in [1.807, 2.05) is 0 Å². The van der Waals surface area contributed by atoms with Crippen LogP contribution >= 0.6 is 23.2 Å². The summed E-state index contributed by atoms with van der Waals surface area (Å²) in [6, 6.07) is 3.25. The van der Waals surface area contributed by atoms with Gasteiger partial charge in [0, 0.05) is 20.0 Å². The van der Waals surface area contributed by atoms with Crippen molar-refractivity contribution < 1.29 is 4.79 Å². The fourth-order valence-electron chi connectivity index (χ4n) is 1.15. The molecule has 0 bridgehead atoms. The first-order valence-corrected chi connectivity index (χ1v) is 5.49. The van der Waals surface area contributed by atoms with Crippen LogP contribution in [-0.4, -0.2) is 19.0 Å². The van der Waals surface area contributed by atoms with E-state index in [4.69, 9.17) is 28.9 Å². The van der Waals surface area contributed by atoms with E-state index in [1.165, 1.54) is 6.92 Å². The molecule has 0 radical (unpaired) electrons. The van der Waals surface area contributed by atoms with Crippen LogP contribution in [-0.2, 0) is 4.79 Å². The van der Waals surface area contributed by atoms with E-state index in [-0.39, 0.29) is 5.91 Å². The topological polar surface area (TPSA) is 67.2 Å². The molecule has 6 heteroatoms. The number of hydrogen-bond donors (Lipinski definition) is 3. The van der Waals surface area contributed by atoms with Gasteiger partial charge in [0.2, 0.25) is 5.91 Å². The molecule has 0 aliphatic heterocycles. The number of amides is 1. The van der Waals surface area contributed by atoms with Gasteiger partial charge in [-0.15, -0.1) is 0 Å². The lowest BCUT2D eigenvalue weighted by Crippen LogP contribution is -2.26. The zero-order valence-electron chi connectivity index (χ0n) is 8.81. The van der Waals surface area contributed by atoms with Gasteiger partial charge in [-0.3, -0.25) is 4.79 Å². The quantitative estimate of drug-likeness (QED) is 0.575. The second-order valence-electron chi connectivity index (χ2n) is 3.26. The molecular weight excluding hydrogens is 249 g/mol. The van der Waals surface area contributed by atoms with Crippen LogP contribution in [0.25, 0.3) is 0 Å². The fourth-order valence-corrected chi connectivity index (χ4v) is 1.49. The Morgan fingerprint density at radius 3 is 2.56 bits per heavy atom. The molecule has 1 aromatic rings. The summed E-state index contributed by atoms with van der Waals surface area (Å²) >= 11 is 11.6. The van der Waals surface area contributed by atoms with Crippen molar-refractivity contribution in [2.24, 2.45) is 0 Å². The standard InChI is InChI=1S/C10H13Cl2N3O/c1-6(16)14-2-3-15-10-5-8(12)7(11)4-9(10)13/h4-5,15H,2-3,13H2,1H3,(H,14,16). The number of anilines is 2. The Bertz CT molecular complexity index is 396. The first-order valence-electron chi connectivity index (χ1n) is 4.73. The molecule has 88 valence electrons. The van der Waals surface area contributed by atoms with E-state index >= 15 is 0 Å². The Morgan fingerprint density at radius 1 is 1.31 bits per heavy atom. The molecule has 0 fully saturated rings. The molecule has 4 nitrogen and oxygen atoms in total. The van der Waals surface area contributed by atoms with Gasteiger partial charge >= 0.3 is 0 Å². The van der Waals surface area contributed by atoms with Crippen molar-refractivity contribution in [1.29, 1.82) is 0 Å². The van der Waals surface area contributed by atoms with Gasteiger partial charge in [-0.1, -0.05) is 23.2 Å². The van der Waals surface area contributed by atoms with Gasteiger partial charge in [0.05, 0.1) is 21.4 Å². The Labute approximate surface area is 104 Å². The summed E-state index contributed by atoms with van der Waals surface area (Å²) in [5, 5.41) is 6.58. The van der Waals surface area contributed by atoms with Crippen molar-refractivity contribution >= 4 is 40.5 Å². The predicted octanol–water partition coefficient (Wildman–Crippen LogP) is 2.12. The maximum absolute atomic E-state index is 10.6. The van der Waals surface area contributed by atoms with E-state index in [0.29, 0.717) is 34.5 Å². The first-order chi connectivity index (χ1) is 7.50. The molecule has 4 N–H and O–H groups in total. The smallest absolute Gasteiger partial charge is 0.216 e. The summed E-state index contributed by atoms with van der Waals surface area (Å²) < 4.78 is 0. The molecule has 0 unspecified atom stereocenters. The summed E-state index contributed by atoms with van der Waals surface area (Å²) in [7, 11) is 0. The summed E-state index contributed by atoms with van der Waals surface area (Å²) in [5.41, 5.74) is 6.97. The number of carbonyl (C=O) groups is 1. The summed E-state index contributed by atoms with van der Waals surface area (Å²) in [5.74, 6) is -0.0658. The second-order valence-corrected chi connectivity index (χ2v) is 4.08. The number of nitrogens with one attached hydrogen (secondary N) is 2. The number of benzene rings is 1. The second kappa shape index (κ2) is 5.82. The molecule has 0 aliphatic carbocycles. The molecule has 1 amide bonds. The van der Waals surface area contributed by atoms with Gasteiger partial charge in [0.1, 0.15) is 0 Å². The zero-order valence-corrected chi connectivity index (χ0v) is 10.3. The maximum atomic E-state index is 10.6. The molecule has 1 rings (SSSR count). The van der Waals surface area contributed by atoms with Crippen molar-refractivity contribution in [1.82, 2.24) is 5.32 Å². The largest absolute Gasteiger partial charge is 0.397 e. The summed E-state index contributed by atoms with van der Waals surface area (Å²) in [4.78, 5) is 10.6. The average molecular weight is 262 g/mol. The molecule has 1 aromatic carbocycles. The van der Waals surface area contributed by atoms with Crippen LogP contribution in [0.2, 0.25) is 10.0 Å². The van der Waals surface area contributed by atoms with Gasteiger partial charge in [-0.2, -0.15) is 0 Å². The highest BCUT2D eigenvalue weighted by Gasteiger charge is 2.04. The molecule has 16 heavy (non-hydrogen) atoms. The third-order valence-corrected chi connectivity index (χ3v) is 2.63. The van der Waals surface area contributed by atoms with E-state index in [1.54, 1.807) is 12.1 Å². The number of halogens is 2. The number of rotatable bonds is 4. The highest BCUT2D eigenvalue weighted by molar-refractivity contribution is 6.42. The van der Waals surface area contributed by atoms with Crippen LogP contribution in [0.5, 0.6) is 0 Å². The third kappa shape index (κ3) is 3.79. The lowest BCUT2D eigenvalue weighted by molar-refractivity contribution is -0.118. The Morgan fingerprint density at radius 2 is 1.94 bits per heavy atom. The number of carbonyl (C=O) groups excluding carboxylic acids is 1. The van der Waals surface area contributed by atoms with E-state index in [0.717, 1.165) is 0 Å². The minimum absolute atomic E-state index is 0.0658. The lowest BCUT2D eigenvalue weighted by Gasteiger charge is -2.10. The zero-order chi connectivity index (χ0) is 12.1. The fraction of sp³-hybridized carbons (Fsp3) is 0.300. The highest BCUT2D eigenvalue weighted by Crippen LogP contribution is 2.30. The Kier molecular flexibility index (Phi) is 4.71. The van der Waals surface area contributed by atoms with Crippen molar-refractivity contribution in [3.05, 3.63) is 22.2 Å². The molecular formula is C10H13Cl2N3O. The Balaban J connectivity index is 2.54.